The molecule has 0 amide bonds. The molecule has 1 aromatic heterocycles. The minimum Gasteiger partial charge on any atom is -0.494 e. The SMILES string of the molecule is CCOc1ccc(/C=N/Nc2ccccn2)cc1. The molecule has 18 heavy (non-hydrogen) atoms. The van der Waals surface area contributed by atoms with E-state index in [1.54, 1.807) is 12.4 Å². The zero-order valence-corrected chi connectivity index (χ0v) is 10.2. The Hall–Kier alpha value is -2.36. The average molecular weight is 241 g/mol. The zero-order valence-electron chi connectivity index (χ0n) is 10.2. The second-order valence-corrected chi connectivity index (χ2v) is 3.59. The fourth-order valence-electron chi connectivity index (χ4n) is 1.42. The molecular formula is C14H15N3O. The molecule has 1 heterocycles. The highest BCUT2D eigenvalue weighted by molar-refractivity contribution is 5.80. The fraction of sp³-hybridized carbons (Fsp3) is 0.143. The van der Waals surface area contributed by atoms with Crippen LogP contribution in [0.5, 0.6) is 5.75 Å². The predicted molar refractivity (Wildman–Crippen MR) is 73.1 cm³/mol. The van der Waals surface area contributed by atoms with Crippen molar-refractivity contribution in [3.63, 3.8) is 0 Å². The number of ether oxygens (including phenoxy) is 1. The summed E-state index contributed by atoms with van der Waals surface area (Å²) in [5.74, 6) is 1.59. The Morgan fingerprint density at radius 1 is 1.22 bits per heavy atom. The van der Waals surface area contributed by atoms with Gasteiger partial charge in [-0.15, -0.1) is 0 Å². The van der Waals surface area contributed by atoms with Gasteiger partial charge in [-0.05, 0) is 48.9 Å². The highest BCUT2D eigenvalue weighted by Gasteiger charge is 1.92. The summed E-state index contributed by atoms with van der Waals surface area (Å²) in [5, 5.41) is 4.11. The average Bonchev–Trinajstić information content (AvgIpc) is 2.42. The molecule has 1 N–H and O–H groups in total. The number of nitrogens with zero attached hydrogens (tertiary/aromatic N) is 2. The molecule has 2 rings (SSSR count). The molecule has 92 valence electrons. The van der Waals surface area contributed by atoms with Gasteiger partial charge >= 0.3 is 0 Å². The van der Waals surface area contributed by atoms with Gasteiger partial charge < -0.3 is 4.74 Å². The second kappa shape index (κ2) is 6.39. The van der Waals surface area contributed by atoms with E-state index in [1.807, 2.05) is 49.4 Å². The summed E-state index contributed by atoms with van der Waals surface area (Å²) in [6.45, 7) is 2.64. The van der Waals surface area contributed by atoms with Crippen molar-refractivity contribution < 1.29 is 4.74 Å². The van der Waals surface area contributed by atoms with Gasteiger partial charge in [0, 0.05) is 6.20 Å². The lowest BCUT2D eigenvalue weighted by atomic mass is 10.2. The molecule has 0 aliphatic carbocycles. The summed E-state index contributed by atoms with van der Waals surface area (Å²) in [6.07, 6.45) is 3.46. The molecule has 4 nitrogen and oxygen atoms in total. The number of hydrogen-bond donors (Lipinski definition) is 1. The van der Waals surface area contributed by atoms with Gasteiger partial charge in [0.15, 0.2) is 0 Å². The zero-order chi connectivity index (χ0) is 12.6. The van der Waals surface area contributed by atoms with Crippen molar-refractivity contribution in [2.24, 2.45) is 5.10 Å². The van der Waals surface area contributed by atoms with Crippen LogP contribution in [0.1, 0.15) is 12.5 Å². The molecule has 0 bridgehead atoms. The van der Waals surface area contributed by atoms with Crippen molar-refractivity contribution in [2.75, 3.05) is 12.0 Å². The van der Waals surface area contributed by atoms with E-state index >= 15 is 0 Å². The Bertz CT molecular complexity index is 494. The summed E-state index contributed by atoms with van der Waals surface area (Å²) in [5.41, 5.74) is 3.86. The van der Waals surface area contributed by atoms with Crippen molar-refractivity contribution in [3.8, 4) is 5.75 Å². The standard InChI is InChI=1S/C14H15N3O/c1-2-18-13-8-6-12(7-9-13)11-16-17-14-5-3-4-10-15-14/h3-11H,2H2,1H3,(H,15,17)/b16-11+. The molecule has 0 aliphatic heterocycles. The Balaban J connectivity index is 1.93. The van der Waals surface area contributed by atoms with E-state index < -0.39 is 0 Å². The van der Waals surface area contributed by atoms with E-state index in [9.17, 15) is 0 Å². The third-order valence-electron chi connectivity index (χ3n) is 2.25. The van der Waals surface area contributed by atoms with Crippen LogP contribution in [-0.2, 0) is 0 Å². The lowest BCUT2D eigenvalue weighted by molar-refractivity contribution is 0.340. The number of hydrogen-bond acceptors (Lipinski definition) is 4. The maximum absolute atomic E-state index is 5.36. The van der Waals surface area contributed by atoms with E-state index in [4.69, 9.17) is 4.74 Å². The Morgan fingerprint density at radius 2 is 2.06 bits per heavy atom. The molecule has 0 saturated heterocycles. The molecule has 0 radical (unpaired) electrons. The minimum absolute atomic E-state index is 0.675. The van der Waals surface area contributed by atoms with Crippen LogP contribution < -0.4 is 10.2 Å². The molecule has 0 spiro atoms. The van der Waals surface area contributed by atoms with E-state index in [0.717, 1.165) is 17.1 Å². The van der Waals surface area contributed by atoms with E-state index in [2.05, 4.69) is 15.5 Å². The van der Waals surface area contributed by atoms with Crippen LogP contribution in [0, 0.1) is 0 Å². The molecule has 0 unspecified atom stereocenters. The van der Waals surface area contributed by atoms with Crippen molar-refractivity contribution >= 4 is 12.0 Å². The predicted octanol–water partition coefficient (Wildman–Crippen LogP) is 2.93. The second-order valence-electron chi connectivity index (χ2n) is 3.59. The first-order valence-electron chi connectivity index (χ1n) is 5.81. The Kier molecular flexibility index (Phi) is 4.30. The number of aromatic nitrogens is 1. The molecule has 0 fully saturated rings. The van der Waals surface area contributed by atoms with Crippen molar-refractivity contribution in [1.29, 1.82) is 0 Å². The van der Waals surface area contributed by atoms with E-state index in [1.165, 1.54) is 0 Å². The number of rotatable bonds is 5. The molecule has 1 aromatic carbocycles. The van der Waals surface area contributed by atoms with Gasteiger partial charge in [0.25, 0.3) is 0 Å². The van der Waals surface area contributed by atoms with Gasteiger partial charge in [-0.3, -0.25) is 5.43 Å². The summed E-state index contributed by atoms with van der Waals surface area (Å²) in [7, 11) is 0. The first-order valence-corrected chi connectivity index (χ1v) is 5.81. The highest BCUT2D eigenvalue weighted by Crippen LogP contribution is 2.10. The lowest BCUT2D eigenvalue weighted by Gasteiger charge is -2.02. The maximum atomic E-state index is 5.36. The molecule has 0 saturated carbocycles. The van der Waals surface area contributed by atoms with Crippen LogP contribution in [0.4, 0.5) is 5.82 Å². The molecule has 2 aromatic rings. The molecular weight excluding hydrogens is 226 g/mol. The van der Waals surface area contributed by atoms with E-state index in [0.29, 0.717) is 6.61 Å². The van der Waals surface area contributed by atoms with Crippen LogP contribution in [0.15, 0.2) is 53.8 Å². The van der Waals surface area contributed by atoms with Crippen LogP contribution in [0.2, 0.25) is 0 Å². The number of benzene rings is 1. The monoisotopic (exact) mass is 241 g/mol. The largest absolute Gasteiger partial charge is 0.494 e. The van der Waals surface area contributed by atoms with Gasteiger partial charge in [0.05, 0.1) is 12.8 Å². The van der Waals surface area contributed by atoms with Crippen LogP contribution in [0.25, 0.3) is 0 Å². The van der Waals surface area contributed by atoms with Gasteiger partial charge in [-0.25, -0.2) is 4.98 Å². The van der Waals surface area contributed by atoms with Gasteiger partial charge in [0.2, 0.25) is 0 Å². The topological polar surface area (TPSA) is 46.5 Å². The number of pyridine rings is 1. The third-order valence-corrected chi connectivity index (χ3v) is 2.25. The quantitative estimate of drug-likeness (QED) is 0.646. The van der Waals surface area contributed by atoms with Gasteiger partial charge in [-0.1, -0.05) is 6.07 Å². The van der Waals surface area contributed by atoms with Crippen molar-refractivity contribution in [1.82, 2.24) is 4.98 Å². The summed E-state index contributed by atoms with van der Waals surface area (Å²) < 4.78 is 5.36. The smallest absolute Gasteiger partial charge is 0.146 e. The Morgan fingerprint density at radius 3 is 2.72 bits per heavy atom. The highest BCUT2D eigenvalue weighted by atomic mass is 16.5. The molecule has 0 atom stereocenters. The fourth-order valence-corrected chi connectivity index (χ4v) is 1.42. The summed E-state index contributed by atoms with van der Waals surface area (Å²) >= 11 is 0. The number of nitrogens with one attached hydrogen (secondary N) is 1. The summed E-state index contributed by atoms with van der Waals surface area (Å²) in [4.78, 5) is 4.10. The number of hydrazone groups is 1. The van der Waals surface area contributed by atoms with E-state index in [-0.39, 0.29) is 0 Å². The number of anilines is 1. The van der Waals surface area contributed by atoms with Crippen LogP contribution >= 0.6 is 0 Å². The molecule has 4 heteroatoms. The van der Waals surface area contributed by atoms with Crippen LogP contribution in [-0.4, -0.2) is 17.8 Å². The molecule has 0 aliphatic rings. The third kappa shape index (κ3) is 3.59. The van der Waals surface area contributed by atoms with Crippen molar-refractivity contribution in [3.05, 3.63) is 54.2 Å². The minimum atomic E-state index is 0.675. The van der Waals surface area contributed by atoms with Gasteiger partial charge in [0.1, 0.15) is 11.6 Å². The normalized spacial score (nSPS) is 10.5. The maximum Gasteiger partial charge on any atom is 0.146 e. The summed E-state index contributed by atoms with van der Waals surface area (Å²) in [6, 6.07) is 13.4. The Labute approximate surface area is 106 Å². The first-order chi connectivity index (χ1) is 8.88. The lowest BCUT2D eigenvalue weighted by Crippen LogP contribution is -1.93. The van der Waals surface area contributed by atoms with Crippen molar-refractivity contribution in [2.45, 2.75) is 6.92 Å². The van der Waals surface area contributed by atoms with Gasteiger partial charge in [-0.2, -0.15) is 5.10 Å². The first kappa shape index (κ1) is 12.1. The van der Waals surface area contributed by atoms with Crippen LogP contribution in [0.3, 0.4) is 0 Å².